The third-order valence-corrected chi connectivity index (χ3v) is 5.91. The minimum absolute atomic E-state index is 0.0469. The van der Waals surface area contributed by atoms with Gasteiger partial charge in [-0.2, -0.15) is 18.3 Å². The summed E-state index contributed by atoms with van der Waals surface area (Å²) >= 11 is 5.77. The number of nitrogens with zero attached hydrogens (tertiary/aromatic N) is 3. The molecule has 0 spiro atoms. The molecule has 0 bridgehead atoms. The van der Waals surface area contributed by atoms with Crippen LogP contribution < -0.4 is 0 Å². The predicted octanol–water partition coefficient (Wildman–Crippen LogP) is 4.36. The van der Waals surface area contributed by atoms with Crippen molar-refractivity contribution in [3.05, 3.63) is 47.0 Å². The molecule has 2 atom stereocenters. The lowest BCUT2D eigenvalue weighted by Crippen LogP contribution is -2.49. The zero-order chi connectivity index (χ0) is 19.2. The highest BCUT2D eigenvalue weighted by molar-refractivity contribution is 6.30. The Labute approximate surface area is 155 Å². The van der Waals surface area contributed by atoms with Crippen LogP contribution in [0.15, 0.2) is 30.9 Å². The van der Waals surface area contributed by atoms with Gasteiger partial charge < -0.3 is 5.11 Å². The van der Waals surface area contributed by atoms with Crippen molar-refractivity contribution in [1.29, 1.82) is 0 Å². The first-order valence-corrected chi connectivity index (χ1v) is 8.81. The summed E-state index contributed by atoms with van der Waals surface area (Å²) in [5, 5.41) is 15.6. The van der Waals surface area contributed by atoms with Crippen LogP contribution in [0, 0.1) is 11.3 Å². The minimum atomic E-state index is -4.49. The second kappa shape index (κ2) is 6.53. The van der Waals surface area contributed by atoms with E-state index < -0.39 is 22.8 Å². The van der Waals surface area contributed by atoms with Crippen LogP contribution >= 0.6 is 11.6 Å². The molecule has 1 aromatic heterocycles. The van der Waals surface area contributed by atoms with Gasteiger partial charge in [-0.3, -0.25) is 4.68 Å². The summed E-state index contributed by atoms with van der Waals surface area (Å²) in [6.07, 6.45) is -0.122. The Hall–Kier alpha value is -1.60. The molecule has 0 saturated heterocycles. The van der Waals surface area contributed by atoms with Crippen LogP contribution in [-0.4, -0.2) is 25.5 Å². The normalized spacial score (nSPS) is 25.6. The van der Waals surface area contributed by atoms with Crippen molar-refractivity contribution in [3.8, 4) is 0 Å². The maximum Gasteiger partial charge on any atom is 0.416 e. The van der Waals surface area contributed by atoms with Gasteiger partial charge in [-0.15, -0.1) is 0 Å². The molecule has 0 amide bonds. The van der Waals surface area contributed by atoms with Gasteiger partial charge in [0.25, 0.3) is 0 Å². The molecule has 1 aromatic carbocycles. The van der Waals surface area contributed by atoms with Gasteiger partial charge in [0.15, 0.2) is 0 Å². The van der Waals surface area contributed by atoms with E-state index in [4.69, 9.17) is 11.6 Å². The van der Waals surface area contributed by atoms with Crippen LogP contribution in [0.5, 0.6) is 0 Å². The maximum absolute atomic E-state index is 13.4. The fourth-order valence-corrected chi connectivity index (χ4v) is 4.15. The molecule has 1 saturated carbocycles. The monoisotopic (exact) mass is 387 g/mol. The summed E-state index contributed by atoms with van der Waals surface area (Å²) in [6, 6.07) is 3.82. The maximum atomic E-state index is 13.4. The van der Waals surface area contributed by atoms with Crippen LogP contribution in [0.2, 0.25) is 5.02 Å². The molecule has 1 N–H and O–H groups in total. The molecular formula is C18H21ClF3N3O. The van der Waals surface area contributed by atoms with E-state index in [-0.39, 0.29) is 29.5 Å². The molecule has 2 aromatic rings. The molecule has 4 nitrogen and oxygen atoms in total. The quantitative estimate of drug-likeness (QED) is 0.848. The van der Waals surface area contributed by atoms with Gasteiger partial charge in [-0.25, -0.2) is 4.98 Å². The van der Waals surface area contributed by atoms with E-state index >= 15 is 0 Å². The summed E-state index contributed by atoms with van der Waals surface area (Å²) in [4.78, 5) is 3.89. The Morgan fingerprint density at radius 3 is 2.69 bits per heavy atom. The zero-order valence-electron chi connectivity index (χ0n) is 14.6. The molecule has 26 heavy (non-hydrogen) atoms. The van der Waals surface area contributed by atoms with Crippen molar-refractivity contribution in [3.63, 3.8) is 0 Å². The first kappa shape index (κ1) is 19.2. The molecule has 1 aliphatic carbocycles. The van der Waals surface area contributed by atoms with Gasteiger partial charge >= 0.3 is 6.18 Å². The highest BCUT2D eigenvalue weighted by Crippen LogP contribution is 2.52. The number of halogens is 4. The standard InChI is InChI=1S/C18H21ClF3N3O/c1-16(2)6-5-13(17(16,26)9-25-11-23-10-24-25)7-12-3-4-14(19)8-15(12)18(20,21)22/h3-4,8,10-11,13,26H,5-7,9H2,1-2H3. The van der Waals surface area contributed by atoms with Gasteiger partial charge in [-0.05, 0) is 48.3 Å². The molecular weight excluding hydrogens is 367 g/mol. The molecule has 8 heteroatoms. The molecule has 3 rings (SSSR count). The molecule has 142 valence electrons. The van der Waals surface area contributed by atoms with Crippen molar-refractivity contribution < 1.29 is 18.3 Å². The Morgan fingerprint density at radius 1 is 1.35 bits per heavy atom. The van der Waals surface area contributed by atoms with Gasteiger partial charge in [0.1, 0.15) is 12.7 Å². The molecule has 0 aliphatic heterocycles. The van der Waals surface area contributed by atoms with Crippen molar-refractivity contribution in [2.75, 3.05) is 0 Å². The van der Waals surface area contributed by atoms with E-state index in [9.17, 15) is 18.3 Å². The fourth-order valence-electron chi connectivity index (χ4n) is 3.97. The van der Waals surface area contributed by atoms with E-state index in [1.54, 1.807) is 0 Å². The fraction of sp³-hybridized carbons (Fsp3) is 0.556. The van der Waals surface area contributed by atoms with Crippen LogP contribution in [0.3, 0.4) is 0 Å². The number of hydrogen-bond donors (Lipinski definition) is 1. The van der Waals surface area contributed by atoms with Gasteiger partial charge in [-0.1, -0.05) is 31.5 Å². The topological polar surface area (TPSA) is 50.9 Å². The molecule has 1 heterocycles. The van der Waals surface area contributed by atoms with E-state index in [0.717, 1.165) is 12.5 Å². The highest BCUT2D eigenvalue weighted by Gasteiger charge is 2.54. The second-order valence-corrected chi connectivity index (χ2v) is 8.08. The van der Waals surface area contributed by atoms with Gasteiger partial charge in [0.05, 0.1) is 17.7 Å². The number of rotatable bonds is 4. The number of hydrogen-bond acceptors (Lipinski definition) is 3. The smallest absolute Gasteiger partial charge is 0.387 e. The number of benzene rings is 1. The number of alkyl halides is 3. The van der Waals surface area contributed by atoms with Crippen molar-refractivity contribution in [2.24, 2.45) is 11.3 Å². The van der Waals surface area contributed by atoms with Crippen molar-refractivity contribution >= 4 is 11.6 Å². The zero-order valence-corrected chi connectivity index (χ0v) is 15.3. The van der Waals surface area contributed by atoms with Crippen LogP contribution in [0.25, 0.3) is 0 Å². The van der Waals surface area contributed by atoms with E-state index in [2.05, 4.69) is 10.1 Å². The Kier molecular flexibility index (Phi) is 4.82. The molecule has 1 aliphatic rings. The Morgan fingerprint density at radius 2 is 2.08 bits per heavy atom. The Balaban J connectivity index is 1.94. The van der Waals surface area contributed by atoms with Crippen LogP contribution in [-0.2, 0) is 19.1 Å². The lowest BCUT2D eigenvalue weighted by atomic mass is 9.72. The lowest BCUT2D eigenvalue weighted by molar-refractivity contribution is -0.138. The van der Waals surface area contributed by atoms with E-state index in [1.807, 2.05) is 13.8 Å². The SMILES string of the molecule is CC1(C)CCC(Cc2ccc(Cl)cc2C(F)(F)F)C1(O)Cn1cncn1. The molecule has 0 radical (unpaired) electrons. The van der Waals surface area contributed by atoms with Crippen LogP contribution in [0.1, 0.15) is 37.8 Å². The number of aliphatic hydroxyl groups is 1. The highest BCUT2D eigenvalue weighted by atomic mass is 35.5. The third-order valence-electron chi connectivity index (χ3n) is 5.68. The third kappa shape index (κ3) is 3.47. The average molecular weight is 388 g/mol. The van der Waals surface area contributed by atoms with Crippen LogP contribution in [0.4, 0.5) is 13.2 Å². The average Bonchev–Trinajstić information content (AvgIpc) is 3.10. The summed E-state index contributed by atoms with van der Waals surface area (Å²) in [5.74, 6) is -0.330. The predicted molar refractivity (Wildman–Crippen MR) is 91.6 cm³/mol. The minimum Gasteiger partial charge on any atom is -0.387 e. The van der Waals surface area contributed by atoms with Gasteiger partial charge in [0.2, 0.25) is 0 Å². The van der Waals surface area contributed by atoms with Gasteiger partial charge in [0, 0.05) is 5.02 Å². The summed E-state index contributed by atoms with van der Waals surface area (Å²) < 4.78 is 41.8. The first-order chi connectivity index (χ1) is 12.0. The molecule has 2 unspecified atom stereocenters. The summed E-state index contributed by atoms with van der Waals surface area (Å²) in [5.41, 5.74) is -2.23. The largest absolute Gasteiger partial charge is 0.416 e. The summed E-state index contributed by atoms with van der Waals surface area (Å²) in [6.45, 7) is 4.08. The summed E-state index contributed by atoms with van der Waals surface area (Å²) in [7, 11) is 0. The second-order valence-electron chi connectivity index (χ2n) is 7.64. The molecule has 1 fully saturated rings. The van der Waals surface area contributed by atoms with Crippen molar-refractivity contribution in [2.45, 2.75) is 51.4 Å². The van der Waals surface area contributed by atoms with Crippen molar-refractivity contribution in [1.82, 2.24) is 14.8 Å². The Bertz CT molecular complexity index is 776. The number of aromatic nitrogens is 3. The first-order valence-electron chi connectivity index (χ1n) is 8.43. The van der Waals surface area contributed by atoms with E-state index in [1.165, 1.54) is 29.5 Å². The van der Waals surface area contributed by atoms with E-state index in [0.29, 0.717) is 6.42 Å². The lowest BCUT2D eigenvalue weighted by Gasteiger charge is -2.41.